The SMILES string of the molecule is O=C(O)CCc1ccc(C(NS(=O)(=O)c2ccccc2)c2ccccc2)cc1. The Morgan fingerprint density at radius 3 is 1.93 bits per heavy atom. The largest absolute Gasteiger partial charge is 0.481 e. The van der Waals surface area contributed by atoms with Crippen LogP contribution in [0.15, 0.2) is 89.8 Å². The first kappa shape index (κ1) is 19.8. The van der Waals surface area contributed by atoms with Crippen molar-refractivity contribution in [3.63, 3.8) is 0 Å². The second-order valence-corrected chi connectivity index (χ2v) is 8.13. The smallest absolute Gasteiger partial charge is 0.303 e. The van der Waals surface area contributed by atoms with E-state index in [4.69, 9.17) is 5.11 Å². The zero-order chi connectivity index (χ0) is 20.0. The molecule has 0 spiro atoms. The molecule has 0 aliphatic rings. The third-order valence-electron chi connectivity index (χ3n) is 4.40. The quantitative estimate of drug-likeness (QED) is 0.608. The Labute approximate surface area is 164 Å². The van der Waals surface area contributed by atoms with E-state index in [9.17, 15) is 13.2 Å². The van der Waals surface area contributed by atoms with Gasteiger partial charge in [0.2, 0.25) is 10.0 Å². The second kappa shape index (κ2) is 8.82. The van der Waals surface area contributed by atoms with Crippen LogP contribution in [0.1, 0.15) is 29.2 Å². The van der Waals surface area contributed by atoms with E-state index >= 15 is 0 Å². The van der Waals surface area contributed by atoms with Crippen molar-refractivity contribution < 1.29 is 18.3 Å². The zero-order valence-electron chi connectivity index (χ0n) is 15.2. The maximum Gasteiger partial charge on any atom is 0.303 e. The number of nitrogens with one attached hydrogen (secondary N) is 1. The first-order valence-corrected chi connectivity index (χ1v) is 10.4. The molecular weight excluding hydrogens is 374 g/mol. The van der Waals surface area contributed by atoms with Crippen LogP contribution in [0.2, 0.25) is 0 Å². The third-order valence-corrected chi connectivity index (χ3v) is 5.84. The predicted octanol–water partition coefficient (Wildman–Crippen LogP) is 3.77. The minimum atomic E-state index is -3.72. The molecule has 6 heteroatoms. The van der Waals surface area contributed by atoms with Gasteiger partial charge in [-0.2, -0.15) is 4.72 Å². The molecule has 1 unspecified atom stereocenters. The molecule has 3 rings (SSSR count). The molecule has 5 nitrogen and oxygen atoms in total. The summed E-state index contributed by atoms with van der Waals surface area (Å²) in [6.45, 7) is 0. The number of aryl methyl sites for hydroxylation is 1. The molecule has 0 radical (unpaired) electrons. The van der Waals surface area contributed by atoms with Crippen LogP contribution in [0.4, 0.5) is 0 Å². The Bertz CT molecular complexity index is 1020. The number of aliphatic carboxylic acids is 1. The van der Waals surface area contributed by atoms with Crippen LogP contribution in [-0.4, -0.2) is 19.5 Å². The standard InChI is InChI=1S/C22H21NO4S/c24-21(25)16-13-17-11-14-19(15-12-17)22(18-7-3-1-4-8-18)23-28(26,27)20-9-5-2-6-10-20/h1-12,14-15,22-23H,13,16H2,(H,24,25). The van der Waals surface area contributed by atoms with Crippen LogP contribution in [-0.2, 0) is 21.2 Å². The number of hydrogen-bond acceptors (Lipinski definition) is 3. The number of carboxylic acids is 1. The van der Waals surface area contributed by atoms with Crippen LogP contribution in [0.5, 0.6) is 0 Å². The van der Waals surface area contributed by atoms with E-state index in [-0.39, 0.29) is 11.3 Å². The summed E-state index contributed by atoms with van der Waals surface area (Å²) in [5.74, 6) is -0.846. The van der Waals surface area contributed by atoms with E-state index in [1.807, 2.05) is 54.6 Å². The summed E-state index contributed by atoms with van der Waals surface area (Å²) in [6.07, 6.45) is 0.490. The number of benzene rings is 3. The highest BCUT2D eigenvalue weighted by molar-refractivity contribution is 7.89. The van der Waals surface area contributed by atoms with Gasteiger partial charge in [0, 0.05) is 6.42 Å². The number of carbonyl (C=O) groups is 1. The molecule has 0 amide bonds. The van der Waals surface area contributed by atoms with E-state index in [2.05, 4.69) is 4.72 Å². The van der Waals surface area contributed by atoms with Crippen molar-refractivity contribution in [3.8, 4) is 0 Å². The van der Waals surface area contributed by atoms with E-state index in [1.54, 1.807) is 30.3 Å². The lowest BCUT2D eigenvalue weighted by Gasteiger charge is -2.20. The summed E-state index contributed by atoms with van der Waals surface area (Å²) >= 11 is 0. The summed E-state index contributed by atoms with van der Waals surface area (Å²) in [5.41, 5.74) is 2.49. The molecule has 0 saturated heterocycles. The summed E-state index contributed by atoms with van der Waals surface area (Å²) in [5, 5.41) is 8.83. The Morgan fingerprint density at radius 1 is 0.821 bits per heavy atom. The van der Waals surface area contributed by atoms with Crippen molar-refractivity contribution in [2.75, 3.05) is 0 Å². The molecule has 2 N–H and O–H groups in total. The maximum absolute atomic E-state index is 12.9. The van der Waals surface area contributed by atoms with Crippen LogP contribution in [0.3, 0.4) is 0 Å². The van der Waals surface area contributed by atoms with Crippen LogP contribution in [0, 0.1) is 0 Å². The lowest BCUT2D eigenvalue weighted by Crippen LogP contribution is -2.29. The molecule has 0 saturated carbocycles. The fourth-order valence-electron chi connectivity index (χ4n) is 2.92. The van der Waals surface area contributed by atoms with Gasteiger partial charge >= 0.3 is 5.97 Å². The van der Waals surface area contributed by atoms with E-state index < -0.39 is 22.0 Å². The topological polar surface area (TPSA) is 83.5 Å². The molecule has 0 aliphatic carbocycles. The molecule has 28 heavy (non-hydrogen) atoms. The number of rotatable bonds is 8. The number of carboxylic acid groups (broad SMARTS) is 1. The third kappa shape index (κ3) is 5.06. The highest BCUT2D eigenvalue weighted by Gasteiger charge is 2.22. The average Bonchev–Trinajstić information content (AvgIpc) is 2.72. The van der Waals surface area contributed by atoms with Gasteiger partial charge in [0.15, 0.2) is 0 Å². The van der Waals surface area contributed by atoms with E-state index in [0.717, 1.165) is 16.7 Å². The number of sulfonamides is 1. The van der Waals surface area contributed by atoms with Crippen molar-refractivity contribution in [2.24, 2.45) is 0 Å². The van der Waals surface area contributed by atoms with Crippen LogP contribution >= 0.6 is 0 Å². The molecule has 0 fully saturated rings. The average molecular weight is 395 g/mol. The lowest BCUT2D eigenvalue weighted by molar-refractivity contribution is -0.136. The van der Waals surface area contributed by atoms with Gasteiger partial charge in [-0.1, -0.05) is 72.8 Å². The van der Waals surface area contributed by atoms with Gasteiger partial charge in [-0.25, -0.2) is 8.42 Å². The van der Waals surface area contributed by atoms with Gasteiger partial charge < -0.3 is 5.11 Å². The fourth-order valence-corrected chi connectivity index (χ4v) is 4.16. The van der Waals surface area contributed by atoms with Crippen molar-refractivity contribution in [1.82, 2.24) is 4.72 Å². The summed E-state index contributed by atoms with van der Waals surface area (Å²) in [6, 6.07) is 24.4. The first-order chi connectivity index (χ1) is 13.5. The molecular formula is C22H21NO4S. The first-order valence-electron chi connectivity index (χ1n) is 8.89. The van der Waals surface area contributed by atoms with Gasteiger partial charge in [0.1, 0.15) is 0 Å². The Hall–Kier alpha value is -2.96. The van der Waals surface area contributed by atoms with Gasteiger partial charge in [-0.05, 0) is 35.2 Å². The van der Waals surface area contributed by atoms with Gasteiger partial charge in [0.25, 0.3) is 0 Å². The van der Waals surface area contributed by atoms with Crippen molar-refractivity contribution in [1.29, 1.82) is 0 Å². The lowest BCUT2D eigenvalue weighted by atomic mass is 9.98. The van der Waals surface area contributed by atoms with E-state index in [1.165, 1.54) is 0 Å². The molecule has 0 aliphatic heterocycles. The van der Waals surface area contributed by atoms with Crippen molar-refractivity contribution >= 4 is 16.0 Å². The van der Waals surface area contributed by atoms with Crippen LogP contribution in [0.25, 0.3) is 0 Å². The fraction of sp³-hybridized carbons (Fsp3) is 0.136. The second-order valence-electron chi connectivity index (χ2n) is 6.41. The molecule has 144 valence electrons. The highest BCUT2D eigenvalue weighted by Crippen LogP contribution is 2.25. The molecule has 3 aromatic carbocycles. The minimum absolute atomic E-state index is 0.0576. The molecule has 0 heterocycles. The molecule has 1 atom stereocenters. The monoisotopic (exact) mass is 395 g/mol. The van der Waals surface area contributed by atoms with Gasteiger partial charge in [-0.3, -0.25) is 4.79 Å². The minimum Gasteiger partial charge on any atom is -0.481 e. The summed E-state index contributed by atoms with van der Waals surface area (Å²) < 4.78 is 28.5. The van der Waals surface area contributed by atoms with Gasteiger partial charge in [-0.15, -0.1) is 0 Å². The maximum atomic E-state index is 12.9. The Morgan fingerprint density at radius 2 is 1.36 bits per heavy atom. The van der Waals surface area contributed by atoms with E-state index in [0.29, 0.717) is 6.42 Å². The predicted molar refractivity (Wildman–Crippen MR) is 107 cm³/mol. The normalized spacial score (nSPS) is 12.4. The van der Waals surface area contributed by atoms with Crippen molar-refractivity contribution in [3.05, 3.63) is 102 Å². The molecule has 0 aromatic heterocycles. The number of hydrogen-bond donors (Lipinski definition) is 2. The Kier molecular flexibility index (Phi) is 6.23. The highest BCUT2D eigenvalue weighted by atomic mass is 32.2. The molecule has 0 bridgehead atoms. The Balaban J connectivity index is 1.91. The van der Waals surface area contributed by atoms with Crippen molar-refractivity contribution in [2.45, 2.75) is 23.8 Å². The zero-order valence-corrected chi connectivity index (χ0v) is 16.0. The summed E-state index contributed by atoms with van der Waals surface area (Å²) in [7, 11) is -3.72. The van der Waals surface area contributed by atoms with Crippen LogP contribution < -0.4 is 4.72 Å². The molecule has 3 aromatic rings. The van der Waals surface area contributed by atoms with Gasteiger partial charge in [0.05, 0.1) is 10.9 Å². The summed E-state index contributed by atoms with van der Waals surface area (Å²) in [4.78, 5) is 11.0.